The van der Waals surface area contributed by atoms with E-state index in [2.05, 4.69) is 32.7 Å². The lowest BCUT2D eigenvalue weighted by atomic mass is 10.1. The standard InChI is InChI=1S/C25H30N4O3/c30-23(20-15-21(20)27-24(31)32-17-18-6-2-1-3-7-18)28-25(9-10-25)22-14-19(8-11-26-22)16-29-12-4-5-13-29/h1-3,6-8,11,14,20-21H,4-5,9-10,12-13,15-17H2,(H,27,31)(H,28,30). The summed E-state index contributed by atoms with van der Waals surface area (Å²) in [7, 11) is 0. The molecule has 7 heteroatoms. The lowest BCUT2D eigenvalue weighted by Crippen LogP contribution is -2.39. The molecule has 2 N–H and O–H groups in total. The van der Waals surface area contributed by atoms with Crippen molar-refractivity contribution in [3.8, 4) is 0 Å². The first-order chi connectivity index (χ1) is 15.6. The second-order valence-electron chi connectivity index (χ2n) is 9.26. The fraction of sp³-hybridized carbons (Fsp3) is 0.480. The third-order valence-corrected chi connectivity index (χ3v) is 6.68. The van der Waals surface area contributed by atoms with Crippen molar-refractivity contribution in [2.45, 2.75) is 56.8 Å². The molecule has 1 aliphatic heterocycles. The van der Waals surface area contributed by atoms with E-state index in [1.54, 1.807) is 0 Å². The smallest absolute Gasteiger partial charge is 0.407 e. The van der Waals surface area contributed by atoms with Gasteiger partial charge in [-0.2, -0.15) is 0 Å². The van der Waals surface area contributed by atoms with E-state index in [1.807, 2.05) is 36.5 Å². The Morgan fingerprint density at radius 2 is 1.88 bits per heavy atom. The summed E-state index contributed by atoms with van der Waals surface area (Å²) in [5, 5.41) is 6.03. The topological polar surface area (TPSA) is 83.6 Å². The van der Waals surface area contributed by atoms with Crippen LogP contribution in [0.1, 0.15) is 48.9 Å². The van der Waals surface area contributed by atoms with Gasteiger partial charge in [-0.3, -0.25) is 14.7 Å². The molecule has 2 aromatic rings. The number of ether oxygens (including phenoxy) is 1. The minimum Gasteiger partial charge on any atom is -0.445 e. The quantitative estimate of drug-likeness (QED) is 0.667. The Kier molecular flexibility index (Phi) is 5.83. The van der Waals surface area contributed by atoms with Crippen molar-refractivity contribution in [3.05, 3.63) is 65.5 Å². The number of nitrogens with one attached hydrogen (secondary N) is 2. The summed E-state index contributed by atoms with van der Waals surface area (Å²) < 4.78 is 5.26. The minimum absolute atomic E-state index is 0.0115. The molecule has 3 fully saturated rings. The van der Waals surface area contributed by atoms with Crippen LogP contribution in [0, 0.1) is 5.92 Å². The van der Waals surface area contributed by atoms with E-state index < -0.39 is 6.09 Å². The summed E-state index contributed by atoms with van der Waals surface area (Å²) in [6, 6.07) is 13.6. The summed E-state index contributed by atoms with van der Waals surface area (Å²) in [4.78, 5) is 31.9. The van der Waals surface area contributed by atoms with Gasteiger partial charge in [0.2, 0.25) is 5.91 Å². The number of amides is 2. The molecule has 3 aliphatic rings. The first-order valence-corrected chi connectivity index (χ1v) is 11.6. The Morgan fingerprint density at radius 1 is 1.09 bits per heavy atom. The Balaban J connectivity index is 1.11. The highest BCUT2D eigenvalue weighted by Crippen LogP contribution is 2.46. The van der Waals surface area contributed by atoms with Crippen LogP contribution in [0.4, 0.5) is 4.79 Å². The average molecular weight is 435 g/mol. The zero-order chi connectivity index (χ0) is 22.0. The maximum Gasteiger partial charge on any atom is 0.407 e. The summed E-state index contributed by atoms with van der Waals surface area (Å²) >= 11 is 0. The van der Waals surface area contributed by atoms with Crippen LogP contribution < -0.4 is 10.6 Å². The Hall–Kier alpha value is -2.93. The Morgan fingerprint density at radius 3 is 2.62 bits per heavy atom. The molecule has 2 atom stereocenters. The van der Waals surface area contributed by atoms with Gasteiger partial charge in [0.15, 0.2) is 0 Å². The maximum atomic E-state index is 12.8. The van der Waals surface area contributed by atoms with Crippen molar-refractivity contribution in [3.63, 3.8) is 0 Å². The van der Waals surface area contributed by atoms with Gasteiger partial charge in [-0.05, 0) is 68.5 Å². The van der Waals surface area contributed by atoms with Crippen molar-refractivity contribution >= 4 is 12.0 Å². The minimum atomic E-state index is -0.480. The van der Waals surface area contributed by atoms with Crippen molar-refractivity contribution < 1.29 is 14.3 Å². The van der Waals surface area contributed by atoms with Gasteiger partial charge in [0, 0.05) is 18.8 Å². The van der Waals surface area contributed by atoms with Crippen molar-refractivity contribution in [2.24, 2.45) is 5.92 Å². The van der Waals surface area contributed by atoms with Gasteiger partial charge >= 0.3 is 6.09 Å². The zero-order valence-electron chi connectivity index (χ0n) is 18.3. The fourth-order valence-corrected chi connectivity index (χ4v) is 4.49. The highest BCUT2D eigenvalue weighted by Gasteiger charge is 2.52. The molecule has 2 heterocycles. The van der Waals surface area contributed by atoms with E-state index in [1.165, 1.54) is 18.4 Å². The Labute approximate surface area is 188 Å². The van der Waals surface area contributed by atoms with E-state index in [0.29, 0.717) is 6.42 Å². The van der Waals surface area contributed by atoms with E-state index in [4.69, 9.17) is 4.74 Å². The van der Waals surface area contributed by atoms with E-state index in [-0.39, 0.29) is 30.0 Å². The van der Waals surface area contributed by atoms with Crippen LogP contribution in [-0.2, 0) is 28.2 Å². The van der Waals surface area contributed by atoms with E-state index in [0.717, 1.165) is 43.7 Å². The van der Waals surface area contributed by atoms with Crippen molar-refractivity contribution in [1.82, 2.24) is 20.5 Å². The van der Waals surface area contributed by atoms with Crippen molar-refractivity contribution in [1.29, 1.82) is 0 Å². The fourth-order valence-electron chi connectivity index (χ4n) is 4.49. The zero-order valence-corrected chi connectivity index (χ0v) is 18.3. The van der Waals surface area contributed by atoms with E-state index in [9.17, 15) is 9.59 Å². The third-order valence-electron chi connectivity index (χ3n) is 6.68. The predicted octanol–water partition coefficient (Wildman–Crippen LogP) is 3.10. The number of alkyl carbamates (subject to hydrolysis) is 1. The molecule has 168 valence electrons. The van der Waals surface area contributed by atoms with Gasteiger partial charge in [0.1, 0.15) is 6.61 Å². The summed E-state index contributed by atoms with van der Waals surface area (Å²) in [6.45, 7) is 3.48. The molecule has 1 saturated heterocycles. The first-order valence-electron chi connectivity index (χ1n) is 11.6. The number of hydrogen-bond acceptors (Lipinski definition) is 5. The molecular formula is C25H30N4O3. The lowest BCUT2D eigenvalue weighted by Gasteiger charge is -2.19. The van der Waals surface area contributed by atoms with Gasteiger partial charge in [0.05, 0.1) is 17.2 Å². The molecule has 1 aromatic carbocycles. The molecule has 2 amide bonds. The molecule has 0 spiro atoms. The highest BCUT2D eigenvalue weighted by molar-refractivity contribution is 5.84. The van der Waals surface area contributed by atoms with Crippen LogP contribution in [0.5, 0.6) is 0 Å². The van der Waals surface area contributed by atoms with Crippen LogP contribution in [-0.4, -0.2) is 41.0 Å². The number of carbonyl (C=O) groups excluding carboxylic acids is 2. The third kappa shape index (κ3) is 4.93. The van der Waals surface area contributed by atoms with Crippen LogP contribution >= 0.6 is 0 Å². The molecule has 7 nitrogen and oxygen atoms in total. The largest absolute Gasteiger partial charge is 0.445 e. The number of nitrogens with zero attached hydrogens (tertiary/aromatic N) is 2. The molecule has 1 aromatic heterocycles. The second kappa shape index (κ2) is 8.90. The molecular weight excluding hydrogens is 404 g/mol. The molecule has 2 unspecified atom stereocenters. The molecule has 32 heavy (non-hydrogen) atoms. The van der Waals surface area contributed by atoms with Gasteiger partial charge < -0.3 is 15.4 Å². The van der Waals surface area contributed by atoms with Crippen LogP contribution in [0.2, 0.25) is 0 Å². The average Bonchev–Trinajstić information content (AvgIpc) is 3.71. The lowest BCUT2D eigenvalue weighted by molar-refractivity contribution is -0.123. The number of aromatic nitrogens is 1. The summed E-state index contributed by atoms with van der Waals surface area (Å²) in [6.07, 6.45) is 6.38. The van der Waals surface area contributed by atoms with Gasteiger partial charge in [-0.1, -0.05) is 30.3 Å². The van der Waals surface area contributed by atoms with Crippen molar-refractivity contribution in [2.75, 3.05) is 13.1 Å². The molecule has 2 saturated carbocycles. The number of hydrogen-bond donors (Lipinski definition) is 2. The Bertz CT molecular complexity index is 970. The second-order valence-corrected chi connectivity index (χ2v) is 9.26. The first kappa shape index (κ1) is 20.9. The highest BCUT2D eigenvalue weighted by atomic mass is 16.5. The van der Waals surface area contributed by atoms with Crippen LogP contribution in [0.15, 0.2) is 48.7 Å². The molecule has 2 aliphatic carbocycles. The molecule has 0 bridgehead atoms. The number of benzene rings is 1. The number of carbonyl (C=O) groups is 2. The summed E-state index contributed by atoms with van der Waals surface area (Å²) in [5.41, 5.74) is 2.79. The number of likely N-dealkylation sites (tertiary alicyclic amines) is 1. The number of rotatable bonds is 8. The molecule has 5 rings (SSSR count). The number of pyridine rings is 1. The SMILES string of the molecule is O=C(NC1CC1C(=O)NC1(c2cc(CN3CCCC3)ccn2)CC1)OCc1ccccc1. The molecule has 0 radical (unpaired) electrons. The van der Waals surface area contributed by atoms with Crippen LogP contribution in [0.3, 0.4) is 0 Å². The van der Waals surface area contributed by atoms with Crippen LogP contribution in [0.25, 0.3) is 0 Å². The maximum absolute atomic E-state index is 12.8. The van der Waals surface area contributed by atoms with Gasteiger partial charge in [-0.15, -0.1) is 0 Å². The van der Waals surface area contributed by atoms with Gasteiger partial charge in [-0.25, -0.2) is 4.79 Å². The monoisotopic (exact) mass is 434 g/mol. The van der Waals surface area contributed by atoms with E-state index >= 15 is 0 Å². The predicted molar refractivity (Wildman–Crippen MR) is 119 cm³/mol. The normalized spacial score (nSPS) is 23.4. The summed E-state index contributed by atoms with van der Waals surface area (Å²) in [5.74, 6) is -0.216. The van der Waals surface area contributed by atoms with Gasteiger partial charge in [0.25, 0.3) is 0 Å².